The summed E-state index contributed by atoms with van der Waals surface area (Å²) in [6.45, 7) is 5.46. The second kappa shape index (κ2) is 14.2. The predicted molar refractivity (Wildman–Crippen MR) is 97.3 cm³/mol. The molecule has 0 aliphatic heterocycles. The largest absolute Gasteiger partial charge is 0.491 e. The van der Waals surface area contributed by atoms with Crippen LogP contribution in [0.3, 0.4) is 0 Å². The summed E-state index contributed by atoms with van der Waals surface area (Å²) in [7, 11) is 0. The van der Waals surface area contributed by atoms with Gasteiger partial charge in [-0.25, -0.2) is 14.6 Å². The lowest BCUT2D eigenvalue weighted by Crippen LogP contribution is -2.15. The summed E-state index contributed by atoms with van der Waals surface area (Å²) in [6, 6.07) is 2.78. The van der Waals surface area contributed by atoms with Crippen molar-refractivity contribution < 1.29 is 33.3 Å². The highest BCUT2D eigenvalue weighted by Gasteiger charge is 2.17. The molecule has 1 aromatic rings. The molecule has 1 heterocycles. The van der Waals surface area contributed by atoms with Crippen molar-refractivity contribution in [3.63, 3.8) is 0 Å². The van der Waals surface area contributed by atoms with E-state index >= 15 is 0 Å². The molecule has 0 saturated carbocycles. The quantitative estimate of drug-likeness (QED) is 0.153. The van der Waals surface area contributed by atoms with Crippen LogP contribution in [0.4, 0.5) is 0 Å². The van der Waals surface area contributed by atoms with Gasteiger partial charge in [-0.2, -0.15) is 0 Å². The monoisotopic (exact) mass is 396 g/mol. The smallest absolute Gasteiger partial charge is 0.357 e. The van der Waals surface area contributed by atoms with Crippen molar-refractivity contribution in [2.24, 2.45) is 5.11 Å². The Hall–Kier alpha value is -2.88. The first-order valence-corrected chi connectivity index (χ1v) is 8.77. The standard InChI is InChI=1S/C17H24N4O7/c1-3-26-16(22)14-11-13(12-15(20-14)17(23)27-4-2)28-10-9-25-8-7-24-6-5-19-21-18/h11-12H,3-10H2,1-2H3. The van der Waals surface area contributed by atoms with Crippen LogP contribution in [0.15, 0.2) is 17.2 Å². The maximum atomic E-state index is 11.9. The highest BCUT2D eigenvalue weighted by atomic mass is 16.5. The van der Waals surface area contributed by atoms with Crippen LogP contribution in [0.2, 0.25) is 0 Å². The number of aromatic nitrogens is 1. The molecule has 1 rings (SSSR count). The van der Waals surface area contributed by atoms with Crippen LogP contribution in [0.5, 0.6) is 5.75 Å². The Labute approximate surface area is 162 Å². The van der Waals surface area contributed by atoms with Gasteiger partial charge in [0.2, 0.25) is 0 Å². The molecule has 0 fully saturated rings. The molecule has 0 amide bonds. The topological polar surface area (TPSA) is 142 Å². The summed E-state index contributed by atoms with van der Waals surface area (Å²) in [5, 5.41) is 3.34. The van der Waals surface area contributed by atoms with E-state index in [1.54, 1.807) is 13.8 Å². The maximum absolute atomic E-state index is 11.9. The van der Waals surface area contributed by atoms with Gasteiger partial charge >= 0.3 is 11.9 Å². The summed E-state index contributed by atoms with van der Waals surface area (Å²) in [5.41, 5.74) is 8.03. The third-order valence-electron chi connectivity index (χ3n) is 3.04. The van der Waals surface area contributed by atoms with Crippen molar-refractivity contribution >= 4 is 11.9 Å². The second-order valence-corrected chi connectivity index (χ2v) is 5.04. The van der Waals surface area contributed by atoms with Crippen LogP contribution < -0.4 is 4.74 Å². The number of hydrogen-bond acceptors (Lipinski definition) is 9. The number of carbonyl (C=O) groups is 2. The molecular formula is C17H24N4O7. The van der Waals surface area contributed by atoms with Crippen LogP contribution in [-0.4, -0.2) is 69.7 Å². The Morgan fingerprint density at radius 3 is 2.04 bits per heavy atom. The van der Waals surface area contributed by atoms with E-state index in [0.717, 1.165) is 0 Å². The lowest BCUT2D eigenvalue weighted by molar-refractivity contribution is 0.0386. The Balaban J connectivity index is 2.51. The number of nitrogens with zero attached hydrogens (tertiary/aromatic N) is 4. The Morgan fingerprint density at radius 2 is 1.50 bits per heavy atom. The highest BCUT2D eigenvalue weighted by Crippen LogP contribution is 2.16. The van der Waals surface area contributed by atoms with Gasteiger partial charge in [-0.15, -0.1) is 0 Å². The van der Waals surface area contributed by atoms with Crippen LogP contribution in [0, 0.1) is 0 Å². The molecule has 0 aliphatic rings. The lowest BCUT2D eigenvalue weighted by Gasteiger charge is -2.10. The normalized spacial score (nSPS) is 10.1. The number of hydrogen-bond donors (Lipinski definition) is 0. The van der Waals surface area contributed by atoms with E-state index in [1.165, 1.54) is 12.1 Å². The summed E-state index contributed by atoms with van der Waals surface area (Å²) in [6.07, 6.45) is 0. The van der Waals surface area contributed by atoms with Crippen LogP contribution in [-0.2, 0) is 18.9 Å². The number of azide groups is 1. The van der Waals surface area contributed by atoms with Gasteiger partial charge in [-0.3, -0.25) is 0 Å². The average molecular weight is 396 g/mol. The molecule has 0 bridgehead atoms. The van der Waals surface area contributed by atoms with Gasteiger partial charge < -0.3 is 23.7 Å². The van der Waals surface area contributed by atoms with Crippen LogP contribution in [0.25, 0.3) is 10.4 Å². The van der Waals surface area contributed by atoms with Crippen molar-refractivity contribution in [3.8, 4) is 5.75 Å². The fourth-order valence-electron chi connectivity index (χ4n) is 1.90. The fraction of sp³-hybridized carbons (Fsp3) is 0.588. The minimum absolute atomic E-state index is 0.0447. The first-order chi connectivity index (χ1) is 13.6. The minimum Gasteiger partial charge on any atom is -0.491 e. The zero-order valence-corrected chi connectivity index (χ0v) is 16.0. The van der Waals surface area contributed by atoms with E-state index in [2.05, 4.69) is 15.0 Å². The Bertz CT molecular complexity index is 641. The molecule has 0 N–H and O–H groups in total. The van der Waals surface area contributed by atoms with Gasteiger partial charge in [0.05, 0.1) is 39.6 Å². The van der Waals surface area contributed by atoms with E-state index in [0.29, 0.717) is 19.8 Å². The molecular weight excluding hydrogens is 372 g/mol. The third-order valence-corrected chi connectivity index (χ3v) is 3.04. The molecule has 0 spiro atoms. The minimum atomic E-state index is -0.660. The Morgan fingerprint density at radius 1 is 0.964 bits per heavy atom. The molecule has 0 aromatic carbocycles. The zero-order chi connectivity index (χ0) is 20.6. The van der Waals surface area contributed by atoms with Gasteiger partial charge in [0.1, 0.15) is 12.4 Å². The number of pyridine rings is 1. The lowest BCUT2D eigenvalue weighted by atomic mass is 10.2. The molecule has 1 aromatic heterocycles. The van der Waals surface area contributed by atoms with Gasteiger partial charge in [0, 0.05) is 23.6 Å². The van der Waals surface area contributed by atoms with Crippen molar-refractivity contribution in [1.29, 1.82) is 0 Å². The number of esters is 2. The van der Waals surface area contributed by atoms with Crippen molar-refractivity contribution in [2.75, 3.05) is 52.8 Å². The summed E-state index contributed by atoms with van der Waals surface area (Å²) < 4.78 is 25.9. The zero-order valence-electron chi connectivity index (χ0n) is 16.0. The van der Waals surface area contributed by atoms with E-state index in [1.807, 2.05) is 0 Å². The predicted octanol–water partition coefficient (Wildman–Crippen LogP) is 2.16. The Kier molecular flexibility index (Phi) is 11.8. The van der Waals surface area contributed by atoms with Crippen molar-refractivity contribution in [1.82, 2.24) is 4.98 Å². The number of rotatable bonds is 14. The molecule has 0 aliphatic carbocycles. The molecule has 154 valence electrons. The summed E-state index contributed by atoms with van der Waals surface area (Å²) >= 11 is 0. The number of carbonyl (C=O) groups excluding carboxylic acids is 2. The maximum Gasteiger partial charge on any atom is 0.357 e. The van der Waals surface area contributed by atoms with E-state index in [9.17, 15) is 9.59 Å². The highest BCUT2D eigenvalue weighted by molar-refractivity contribution is 5.92. The summed E-state index contributed by atoms with van der Waals surface area (Å²) in [5.74, 6) is -1.05. The summed E-state index contributed by atoms with van der Waals surface area (Å²) in [4.78, 5) is 30.4. The van der Waals surface area contributed by atoms with Crippen molar-refractivity contribution in [2.45, 2.75) is 13.8 Å². The second-order valence-electron chi connectivity index (χ2n) is 5.04. The average Bonchev–Trinajstić information content (AvgIpc) is 2.69. The number of ether oxygens (including phenoxy) is 5. The van der Waals surface area contributed by atoms with E-state index in [-0.39, 0.29) is 50.1 Å². The van der Waals surface area contributed by atoms with Gasteiger partial charge in [0.25, 0.3) is 0 Å². The van der Waals surface area contributed by atoms with Crippen LogP contribution in [0.1, 0.15) is 34.8 Å². The van der Waals surface area contributed by atoms with Crippen LogP contribution >= 0.6 is 0 Å². The first-order valence-electron chi connectivity index (χ1n) is 8.77. The fourth-order valence-corrected chi connectivity index (χ4v) is 1.90. The van der Waals surface area contributed by atoms with Crippen molar-refractivity contribution in [3.05, 3.63) is 34.0 Å². The van der Waals surface area contributed by atoms with Gasteiger partial charge in [0.15, 0.2) is 11.4 Å². The molecule has 28 heavy (non-hydrogen) atoms. The first kappa shape index (κ1) is 23.2. The van der Waals surface area contributed by atoms with Gasteiger partial charge in [-0.1, -0.05) is 5.11 Å². The van der Waals surface area contributed by atoms with E-state index in [4.69, 9.17) is 29.2 Å². The third kappa shape index (κ3) is 9.17. The van der Waals surface area contributed by atoms with Gasteiger partial charge in [-0.05, 0) is 19.4 Å². The molecule has 0 radical (unpaired) electrons. The molecule has 0 saturated heterocycles. The molecule has 11 heteroatoms. The SMILES string of the molecule is CCOC(=O)c1cc(OCCOCCOCCN=[N+]=[N-])cc(C(=O)OCC)n1. The molecule has 0 unspecified atom stereocenters. The molecule has 0 atom stereocenters. The van der Waals surface area contributed by atoms with E-state index < -0.39 is 11.9 Å². The molecule has 11 nitrogen and oxygen atoms in total.